The molecule has 3 aromatic carbocycles. The van der Waals surface area contributed by atoms with E-state index in [9.17, 15) is 24.8 Å². The smallest absolute Gasteiger partial charge is 0.295 e. The van der Waals surface area contributed by atoms with Gasteiger partial charge in [-0.3, -0.25) is 19.7 Å². The molecule has 1 aliphatic heterocycles. The number of aryl methyl sites for hydroxylation is 1. The third-order valence-electron chi connectivity index (χ3n) is 6.09. The number of aliphatic hydroxyl groups is 1. The van der Waals surface area contributed by atoms with E-state index in [1.54, 1.807) is 30.3 Å². The van der Waals surface area contributed by atoms with Gasteiger partial charge in [-0.15, -0.1) is 0 Å². The minimum Gasteiger partial charge on any atom is -0.507 e. The van der Waals surface area contributed by atoms with Crippen LogP contribution >= 0.6 is 0 Å². The number of carbonyl (C=O) groups is 2. The SMILES string of the molecule is COCCN1C(=O)C(=O)C(=C(O)c2ccc(OCc3cccc(C)c3)cc2)C1c1cccc([N+](=O)[O-])c1. The summed E-state index contributed by atoms with van der Waals surface area (Å²) < 4.78 is 10.9. The molecule has 3 aromatic rings. The number of hydrogen-bond donors (Lipinski definition) is 1. The topological polar surface area (TPSA) is 119 Å². The first-order valence-corrected chi connectivity index (χ1v) is 11.6. The van der Waals surface area contributed by atoms with E-state index >= 15 is 0 Å². The Bertz CT molecular complexity index is 1360. The predicted octanol–water partition coefficient (Wildman–Crippen LogP) is 4.55. The van der Waals surface area contributed by atoms with Gasteiger partial charge in [0.2, 0.25) is 0 Å². The summed E-state index contributed by atoms with van der Waals surface area (Å²) >= 11 is 0. The third kappa shape index (κ3) is 5.52. The van der Waals surface area contributed by atoms with Crippen LogP contribution in [0.25, 0.3) is 5.76 Å². The van der Waals surface area contributed by atoms with E-state index in [-0.39, 0.29) is 30.2 Å². The largest absolute Gasteiger partial charge is 0.507 e. The Morgan fingerprint density at radius 3 is 2.46 bits per heavy atom. The number of nitro groups is 1. The first-order valence-electron chi connectivity index (χ1n) is 11.6. The highest BCUT2D eigenvalue weighted by molar-refractivity contribution is 6.46. The van der Waals surface area contributed by atoms with Gasteiger partial charge in [-0.25, -0.2) is 0 Å². The van der Waals surface area contributed by atoms with Crippen LogP contribution in [0.15, 0.2) is 78.4 Å². The highest BCUT2D eigenvalue weighted by atomic mass is 16.6. The van der Waals surface area contributed by atoms with Gasteiger partial charge in [0.1, 0.15) is 18.1 Å². The zero-order chi connectivity index (χ0) is 26.5. The molecular formula is C28H26N2O7. The van der Waals surface area contributed by atoms with Crippen LogP contribution in [-0.2, 0) is 20.9 Å². The molecule has 1 N–H and O–H groups in total. The molecule has 0 spiro atoms. The van der Waals surface area contributed by atoms with Crippen LogP contribution in [0.1, 0.15) is 28.3 Å². The van der Waals surface area contributed by atoms with Gasteiger partial charge in [-0.2, -0.15) is 0 Å². The molecule has 1 heterocycles. The Morgan fingerprint density at radius 2 is 1.78 bits per heavy atom. The van der Waals surface area contributed by atoms with Crippen molar-refractivity contribution in [2.45, 2.75) is 19.6 Å². The fraction of sp³-hybridized carbons (Fsp3) is 0.214. The fourth-order valence-corrected chi connectivity index (χ4v) is 4.29. The van der Waals surface area contributed by atoms with Crippen LogP contribution in [0, 0.1) is 17.0 Å². The summed E-state index contributed by atoms with van der Waals surface area (Å²) in [5, 5.41) is 22.5. The molecule has 37 heavy (non-hydrogen) atoms. The van der Waals surface area contributed by atoms with E-state index in [4.69, 9.17) is 9.47 Å². The highest BCUT2D eigenvalue weighted by Crippen LogP contribution is 2.40. The van der Waals surface area contributed by atoms with Crippen molar-refractivity contribution >= 4 is 23.1 Å². The van der Waals surface area contributed by atoms with Crippen molar-refractivity contribution in [2.24, 2.45) is 0 Å². The van der Waals surface area contributed by atoms with E-state index < -0.39 is 22.7 Å². The van der Waals surface area contributed by atoms with Crippen molar-refractivity contribution in [3.05, 3.63) is 111 Å². The molecule has 1 saturated heterocycles. The molecule has 1 amide bonds. The van der Waals surface area contributed by atoms with Crippen LogP contribution < -0.4 is 4.74 Å². The zero-order valence-corrected chi connectivity index (χ0v) is 20.4. The highest BCUT2D eigenvalue weighted by Gasteiger charge is 2.46. The van der Waals surface area contributed by atoms with Gasteiger partial charge >= 0.3 is 0 Å². The number of benzene rings is 3. The fourth-order valence-electron chi connectivity index (χ4n) is 4.29. The number of methoxy groups -OCH3 is 1. The Hall–Kier alpha value is -4.50. The molecule has 1 atom stereocenters. The number of Topliss-reactive ketones (excluding diaryl/α,β-unsaturated/α-hetero) is 1. The van der Waals surface area contributed by atoms with E-state index in [0.29, 0.717) is 23.5 Å². The maximum absolute atomic E-state index is 13.0. The van der Waals surface area contributed by atoms with Crippen molar-refractivity contribution in [1.29, 1.82) is 0 Å². The maximum Gasteiger partial charge on any atom is 0.295 e. The number of amides is 1. The Balaban J connectivity index is 1.67. The summed E-state index contributed by atoms with van der Waals surface area (Å²) in [5.74, 6) is -1.49. The number of rotatable bonds is 9. The molecule has 0 bridgehead atoms. The number of carbonyl (C=O) groups excluding carboxylic acids is 2. The Kier molecular flexibility index (Phi) is 7.64. The summed E-state index contributed by atoms with van der Waals surface area (Å²) in [4.78, 5) is 38.0. The van der Waals surface area contributed by atoms with Gasteiger partial charge in [0, 0.05) is 31.4 Å². The van der Waals surface area contributed by atoms with Crippen LogP contribution in [-0.4, -0.2) is 46.9 Å². The van der Waals surface area contributed by atoms with Crippen LogP contribution in [0.2, 0.25) is 0 Å². The maximum atomic E-state index is 13.0. The minimum atomic E-state index is -1.01. The molecule has 1 aliphatic rings. The number of hydrogen-bond acceptors (Lipinski definition) is 7. The van der Waals surface area contributed by atoms with Gasteiger partial charge in [-0.1, -0.05) is 42.0 Å². The first kappa shape index (κ1) is 25.6. The molecule has 1 unspecified atom stereocenters. The average Bonchev–Trinajstić information content (AvgIpc) is 3.15. The van der Waals surface area contributed by atoms with Gasteiger partial charge in [0.25, 0.3) is 17.4 Å². The second-order valence-corrected chi connectivity index (χ2v) is 8.64. The summed E-state index contributed by atoms with van der Waals surface area (Å²) in [6.07, 6.45) is 0. The lowest BCUT2D eigenvalue weighted by molar-refractivity contribution is -0.384. The lowest BCUT2D eigenvalue weighted by Crippen LogP contribution is -2.32. The van der Waals surface area contributed by atoms with E-state index in [0.717, 1.165) is 11.1 Å². The molecule has 190 valence electrons. The lowest BCUT2D eigenvalue weighted by Gasteiger charge is -2.25. The predicted molar refractivity (Wildman–Crippen MR) is 136 cm³/mol. The quantitative estimate of drug-likeness (QED) is 0.150. The summed E-state index contributed by atoms with van der Waals surface area (Å²) in [7, 11) is 1.46. The number of nitrogens with zero attached hydrogens (tertiary/aromatic N) is 2. The number of nitro benzene ring substituents is 1. The molecule has 0 radical (unpaired) electrons. The van der Waals surface area contributed by atoms with Crippen LogP contribution in [0.4, 0.5) is 5.69 Å². The number of ether oxygens (including phenoxy) is 2. The summed E-state index contributed by atoms with van der Waals surface area (Å²) in [5.41, 5.74) is 2.45. The van der Waals surface area contributed by atoms with Gasteiger partial charge in [-0.05, 0) is 42.3 Å². The second-order valence-electron chi connectivity index (χ2n) is 8.64. The molecule has 0 saturated carbocycles. The second kappa shape index (κ2) is 11.0. The molecule has 9 nitrogen and oxygen atoms in total. The minimum absolute atomic E-state index is 0.0664. The normalized spacial score (nSPS) is 16.7. The first-order chi connectivity index (χ1) is 17.8. The molecular weight excluding hydrogens is 476 g/mol. The molecule has 1 fully saturated rings. The van der Waals surface area contributed by atoms with Crippen molar-refractivity contribution < 1.29 is 29.1 Å². The molecule has 4 rings (SSSR count). The number of aliphatic hydroxyl groups excluding tert-OH is 1. The molecule has 0 aliphatic carbocycles. The van der Waals surface area contributed by atoms with E-state index in [1.165, 1.54) is 30.2 Å². The van der Waals surface area contributed by atoms with Crippen LogP contribution in [0.3, 0.4) is 0 Å². The number of likely N-dealkylation sites (tertiary alicyclic amines) is 1. The van der Waals surface area contributed by atoms with Crippen LogP contribution in [0.5, 0.6) is 5.75 Å². The van der Waals surface area contributed by atoms with Gasteiger partial charge < -0.3 is 19.5 Å². The molecule has 9 heteroatoms. The summed E-state index contributed by atoms with van der Waals surface area (Å²) in [6.45, 7) is 2.58. The van der Waals surface area contributed by atoms with Gasteiger partial charge in [0.15, 0.2) is 0 Å². The van der Waals surface area contributed by atoms with Crippen molar-refractivity contribution in [1.82, 2.24) is 4.90 Å². The van der Waals surface area contributed by atoms with Crippen molar-refractivity contribution in [2.75, 3.05) is 20.3 Å². The third-order valence-corrected chi connectivity index (χ3v) is 6.09. The average molecular weight is 503 g/mol. The number of ketones is 1. The Morgan fingerprint density at radius 1 is 1.05 bits per heavy atom. The van der Waals surface area contributed by atoms with E-state index in [2.05, 4.69) is 0 Å². The molecule has 0 aromatic heterocycles. The lowest BCUT2D eigenvalue weighted by atomic mass is 9.95. The number of non-ortho nitro benzene ring substituents is 1. The standard InChI is InChI=1S/C28H26N2O7/c1-18-5-3-6-19(15-18)17-37-23-11-9-20(10-12-23)26(31)24-25(21-7-4-8-22(16-21)30(34)35)29(13-14-36-2)28(33)27(24)32/h3-12,15-16,25,31H,13-14,17H2,1-2H3. The zero-order valence-electron chi connectivity index (χ0n) is 20.4. The van der Waals surface area contributed by atoms with Crippen molar-refractivity contribution in [3.63, 3.8) is 0 Å². The Labute approximate surface area is 213 Å². The van der Waals surface area contributed by atoms with E-state index in [1.807, 2.05) is 31.2 Å². The van der Waals surface area contributed by atoms with Gasteiger partial charge in [0.05, 0.1) is 23.1 Å². The summed E-state index contributed by atoms with van der Waals surface area (Å²) in [6, 6.07) is 19.1. The monoisotopic (exact) mass is 502 g/mol. The van der Waals surface area contributed by atoms with Crippen molar-refractivity contribution in [3.8, 4) is 5.75 Å².